The number of benzene rings is 2. The summed E-state index contributed by atoms with van der Waals surface area (Å²) in [5.74, 6) is -2.25. The van der Waals surface area contributed by atoms with E-state index in [9.17, 15) is 19.1 Å². The number of ether oxygens (including phenoxy) is 1. The molecule has 0 bridgehead atoms. The zero-order chi connectivity index (χ0) is 19.4. The first-order chi connectivity index (χ1) is 13.0. The van der Waals surface area contributed by atoms with Gasteiger partial charge in [0.15, 0.2) is 11.6 Å². The Kier molecular flexibility index (Phi) is 5.74. The molecule has 2 atom stereocenters. The maximum absolute atomic E-state index is 14.2. The Morgan fingerprint density at radius 2 is 1.89 bits per heavy atom. The van der Waals surface area contributed by atoms with Crippen molar-refractivity contribution in [3.8, 4) is 5.75 Å². The Labute approximate surface area is 157 Å². The summed E-state index contributed by atoms with van der Waals surface area (Å²) >= 11 is 0. The predicted molar refractivity (Wildman–Crippen MR) is 98.2 cm³/mol. The fourth-order valence-corrected chi connectivity index (χ4v) is 3.60. The molecular weight excluding hydrogens is 349 g/mol. The van der Waals surface area contributed by atoms with Crippen molar-refractivity contribution in [3.05, 3.63) is 65.5 Å². The molecule has 1 amide bonds. The van der Waals surface area contributed by atoms with E-state index in [0.29, 0.717) is 12.1 Å². The van der Waals surface area contributed by atoms with Crippen LogP contribution in [0.4, 0.5) is 4.39 Å². The molecule has 1 heterocycles. The molecule has 0 aromatic heterocycles. The monoisotopic (exact) mass is 371 g/mol. The normalized spacial score (nSPS) is 19.1. The molecule has 2 aromatic carbocycles. The molecule has 1 N–H and O–H groups in total. The molecule has 1 aliphatic heterocycles. The van der Waals surface area contributed by atoms with E-state index in [1.165, 1.54) is 13.2 Å². The number of methoxy groups -OCH3 is 1. The van der Waals surface area contributed by atoms with Crippen LogP contribution in [0.15, 0.2) is 48.5 Å². The number of carboxylic acid groups (broad SMARTS) is 1. The maximum atomic E-state index is 14.2. The van der Waals surface area contributed by atoms with Crippen LogP contribution in [0, 0.1) is 11.7 Å². The molecule has 6 heteroatoms. The minimum absolute atomic E-state index is 0.123. The van der Waals surface area contributed by atoms with Crippen molar-refractivity contribution >= 4 is 11.9 Å². The largest absolute Gasteiger partial charge is 0.494 e. The summed E-state index contributed by atoms with van der Waals surface area (Å²) in [5, 5.41) is 9.55. The standard InChI is InChI=1S/C21H22FNO4/c1-27-18-9-5-8-15(20(18)22)10-11-19(24)23-12-16(17(13-23)21(25)26)14-6-3-2-4-7-14/h2-9,16-17H,10-13H2,1H3,(H,25,26). The van der Waals surface area contributed by atoms with Gasteiger partial charge >= 0.3 is 5.97 Å². The highest BCUT2D eigenvalue weighted by atomic mass is 19.1. The highest BCUT2D eigenvalue weighted by molar-refractivity contribution is 5.80. The van der Waals surface area contributed by atoms with Crippen LogP contribution in [0.3, 0.4) is 0 Å². The van der Waals surface area contributed by atoms with Gasteiger partial charge in [0.25, 0.3) is 0 Å². The van der Waals surface area contributed by atoms with E-state index >= 15 is 0 Å². The van der Waals surface area contributed by atoms with E-state index in [1.54, 1.807) is 17.0 Å². The Balaban J connectivity index is 1.68. The molecule has 0 radical (unpaired) electrons. The summed E-state index contributed by atoms with van der Waals surface area (Å²) in [7, 11) is 1.40. The summed E-state index contributed by atoms with van der Waals surface area (Å²) in [5.41, 5.74) is 1.33. The van der Waals surface area contributed by atoms with Crippen LogP contribution in [-0.2, 0) is 16.0 Å². The van der Waals surface area contributed by atoms with Gasteiger partial charge in [-0.3, -0.25) is 9.59 Å². The quantitative estimate of drug-likeness (QED) is 0.847. The first-order valence-electron chi connectivity index (χ1n) is 8.88. The van der Waals surface area contributed by atoms with Crippen molar-refractivity contribution in [3.63, 3.8) is 0 Å². The molecule has 1 aliphatic rings. The van der Waals surface area contributed by atoms with E-state index in [1.807, 2.05) is 30.3 Å². The van der Waals surface area contributed by atoms with Crippen LogP contribution < -0.4 is 4.74 Å². The maximum Gasteiger partial charge on any atom is 0.308 e. The van der Waals surface area contributed by atoms with Crippen LogP contribution in [0.1, 0.15) is 23.5 Å². The first kappa shape index (κ1) is 18.9. The zero-order valence-corrected chi connectivity index (χ0v) is 15.1. The molecule has 142 valence electrons. The molecule has 2 aromatic rings. The third-order valence-electron chi connectivity index (χ3n) is 5.09. The van der Waals surface area contributed by atoms with Crippen molar-refractivity contribution in [1.82, 2.24) is 4.90 Å². The van der Waals surface area contributed by atoms with E-state index in [2.05, 4.69) is 0 Å². The second-order valence-corrected chi connectivity index (χ2v) is 6.69. The lowest BCUT2D eigenvalue weighted by atomic mass is 9.89. The number of aryl methyl sites for hydroxylation is 1. The number of likely N-dealkylation sites (tertiary alicyclic amines) is 1. The zero-order valence-electron chi connectivity index (χ0n) is 15.1. The minimum Gasteiger partial charge on any atom is -0.494 e. The predicted octanol–water partition coefficient (Wildman–Crippen LogP) is 3.09. The number of nitrogens with zero attached hydrogens (tertiary/aromatic N) is 1. The van der Waals surface area contributed by atoms with Gasteiger partial charge in [-0.15, -0.1) is 0 Å². The van der Waals surface area contributed by atoms with Crippen molar-refractivity contribution in [2.45, 2.75) is 18.8 Å². The second-order valence-electron chi connectivity index (χ2n) is 6.69. The summed E-state index contributed by atoms with van der Waals surface area (Å²) in [6.07, 6.45) is 0.365. The number of hydrogen-bond acceptors (Lipinski definition) is 3. The van der Waals surface area contributed by atoms with Crippen molar-refractivity contribution in [2.75, 3.05) is 20.2 Å². The molecule has 1 saturated heterocycles. The third kappa shape index (κ3) is 4.10. The van der Waals surface area contributed by atoms with Crippen LogP contribution in [0.2, 0.25) is 0 Å². The number of rotatable bonds is 6. The molecular formula is C21H22FNO4. The van der Waals surface area contributed by atoms with Crippen LogP contribution in [0.25, 0.3) is 0 Å². The van der Waals surface area contributed by atoms with E-state index in [-0.39, 0.29) is 37.0 Å². The lowest BCUT2D eigenvalue weighted by molar-refractivity contribution is -0.141. The number of carboxylic acids is 1. The van der Waals surface area contributed by atoms with Crippen LogP contribution in [0.5, 0.6) is 5.75 Å². The molecule has 0 saturated carbocycles. The van der Waals surface area contributed by atoms with Gasteiger partial charge in [0.05, 0.1) is 13.0 Å². The van der Waals surface area contributed by atoms with E-state index in [4.69, 9.17) is 4.74 Å². The Morgan fingerprint density at radius 1 is 1.15 bits per heavy atom. The molecule has 0 spiro atoms. The number of aliphatic carboxylic acids is 1. The molecule has 3 rings (SSSR count). The Hall–Kier alpha value is -2.89. The van der Waals surface area contributed by atoms with E-state index < -0.39 is 17.7 Å². The fraction of sp³-hybridized carbons (Fsp3) is 0.333. The minimum atomic E-state index is -0.905. The first-order valence-corrected chi connectivity index (χ1v) is 8.88. The smallest absolute Gasteiger partial charge is 0.308 e. The Bertz CT molecular complexity index is 824. The van der Waals surface area contributed by atoms with Gasteiger partial charge in [-0.1, -0.05) is 42.5 Å². The average Bonchev–Trinajstić information content (AvgIpc) is 3.13. The van der Waals surface area contributed by atoms with Gasteiger partial charge in [0.2, 0.25) is 5.91 Å². The molecule has 0 aliphatic carbocycles. The topological polar surface area (TPSA) is 66.8 Å². The molecule has 2 unspecified atom stereocenters. The van der Waals surface area contributed by atoms with Crippen LogP contribution >= 0.6 is 0 Å². The number of halogens is 1. The van der Waals surface area contributed by atoms with E-state index in [0.717, 1.165) is 5.56 Å². The number of carbonyl (C=O) groups is 2. The summed E-state index contributed by atoms with van der Waals surface area (Å²) < 4.78 is 19.2. The van der Waals surface area contributed by atoms with Crippen molar-refractivity contribution < 1.29 is 23.8 Å². The highest BCUT2D eigenvalue weighted by Crippen LogP contribution is 2.33. The lowest BCUT2D eigenvalue weighted by Gasteiger charge is -2.17. The van der Waals surface area contributed by atoms with Gasteiger partial charge in [-0.25, -0.2) is 4.39 Å². The van der Waals surface area contributed by atoms with Gasteiger partial charge < -0.3 is 14.7 Å². The van der Waals surface area contributed by atoms with Crippen molar-refractivity contribution in [1.29, 1.82) is 0 Å². The second kappa shape index (κ2) is 8.20. The number of amides is 1. The lowest BCUT2D eigenvalue weighted by Crippen LogP contribution is -2.30. The van der Waals surface area contributed by atoms with Gasteiger partial charge in [-0.05, 0) is 23.6 Å². The summed E-state index contributed by atoms with van der Waals surface area (Å²) in [4.78, 5) is 25.8. The SMILES string of the molecule is COc1cccc(CCC(=O)N2CC(C(=O)O)C(c3ccccc3)C2)c1F. The highest BCUT2D eigenvalue weighted by Gasteiger charge is 2.40. The third-order valence-corrected chi connectivity index (χ3v) is 5.09. The molecule has 27 heavy (non-hydrogen) atoms. The van der Waals surface area contributed by atoms with Gasteiger partial charge in [0, 0.05) is 25.4 Å². The molecule has 5 nitrogen and oxygen atoms in total. The fourth-order valence-electron chi connectivity index (χ4n) is 3.60. The van der Waals surface area contributed by atoms with Crippen LogP contribution in [-0.4, -0.2) is 42.1 Å². The summed E-state index contributed by atoms with van der Waals surface area (Å²) in [6, 6.07) is 14.2. The number of hydrogen-bond donors (Lipinski definition) is 1. The van der Waals surface area contributed by atoms with Gasteiger partial charge in [-0.2, -0.15) is 0 Å². The molecule has 1 fully saturated rings. The average molecular weight is 371 g/mol. The van der Waals surface area contributed by atoms with Gasteiger partial charge in [0.1, 0.15) is 0 Å². The van der Waals surface area contributed by atoms with Crippen molar-refractivity contribution in [2.24, 2.45) is 5.92 Å². The summed E-state index contributed by atoms with van der Waals surface area (Å²) in [6.45, 7) is 0.536. The number of carbonyl (C=O) groups excluding carboxylic acids is 1. The Morgan fingerprint density at radius 3 is 2.56 bits per heavy atom.